The van der Waals surface area contributed by atoms with E-state index < -0.39 is 11.6 Å². The Morgan fingerprint density at radius 1 is 1.15 bits per heavy atom. The van der Waals surface area contributed by atoms with E-state index >= 15 is 0 Å². The molecule has 1 aromatic rings. The number of rotatable bonds is 5. The Hall–Kier alpha value is -0.960. The highest BCUT2D eigenvalue weighted by Crippen LogP contribution is 2.38. The second-order valence-electron chi connectivity index (χ2n) is 5.89. The fraction of sp³-hybridized carbons (Fsp3) is 0.647. The van der Waals surface area contributed by atoms with Gasteiger partial charge in [-0.2, -0.15) is 0 Å². The molecule has 1 aliphatic carbocycles. The van der Waals surface area contributed by atoms with E-state index in [1.807, 2.05) is 6.92 Å². The van der Waals surface area contributed by atoms with Gasteiger partial charge in [0.2, 0.25) is 0 Å². The summed E-state index contributed by atoms with van der Waals surface area (Å²) in [5.74, 6) is 0.356. The number of hydrogen-bond acceptors (Lipinski definition) is 1. The minimum atomic E-state index is -0.504. The molecule has 1 N–H and O–H groups in total. The predicted octanol–water partition coefficient (Wildman–Crippen LogP) is 4.83. The lowest BCUT2D eigenvalue weighted by atomic mass is 9.76. The molecule has 1 nitrogen and oxygen atoms in total. The highest BCUT2D eigenvalue weighted by Gasteiger charge is 2.29. The average Bonchev–Trinajstić information content (AvgIpc) is 2.46. The van der Waals surface area contributed by atoms with Gasteiger partial charge in [-0.05, 0) is 37.3 Å². The number of halogens is 2. The lowest BCUT2D eigenvalue weighted by molar-refractivity contribution is 0.217. The van der Waals surface area contributed by atoms with Crippen molar-refractivity contribution in [2.24, 2.45) is 11.8 Å². The summed E-state index contributed by atoms with van der Waals surface area (Å²) in [4.78, 5) is 0. The molecule has 1 aliphatic rings. The summed E-state index contributed by atoms with van der Waals surface area (Å²) in [5, 5.41) is 3.40. The number of hydrogen-bond donors (Lipinski definition) is 1. The van der Waals surface area contributed by atoms with Crippen molar-refractivity contribution in [3.63, 3.8) is 0 Å². The van der Waals surface area contributed by atoms with Crippen LogP contribution in [-0.4, -0.2) is 6.54 Å². The average molecular weight is 281 g/mol. The molecule has 1 fully saturated rings. The zero-order valence-electron chi connectivity index (χ0n) is 12.5. The van der Waals surface area contributed by atoms with E-state index in [0.717, 1.165) is 31.4 Å². The second-order valence-corrected chi connectivity index (χ2v) is 5.89. The minimum absolute atomic E-state index is 0.0124. The molecule has 112 valence electrons. The Labute approximate surface area is 120 Å². The molecule has 0 radical (unpaired) electrons. The Morgan fingerprint density at radius 3 is 2.40 bits per heavy atom. The summed E-state index contributed by atoms with van der Waals surface area (Å²) in [7, 11) is 0. The van der Waals surface area contributed by atoms with Crippen molar-refractivity contribution in [2.45, 2.75) is 52.0 Å². The van der Waals surface area contributed by atoms with E-state index in [2.05, 4.69) is 12.2 Å². The van der Waals surface area contributed by atoms with Crippen molar-refractivity contribution in [3.8, 4) is 0 Å². The smallest absolute Gasteiger partial charge is 0.130 e. The van der Waals surface area contributed by atoms with Crippen LogP contribution in [0.15, 0.2) is 18.2 Å². The zero-order chi connectivity index (χ0) is 14.5. The molecule has 1 aromatic carbocycles. The van der Waals surface area contributed by atoms with Crippen molar-refractivity contribution < 1.29 is 8.78 Å². The first-order chi connectivity index (χ1) is 9.65. The molecular weight excluding hydrogens is 256 g/mol. The maximum atomic E-state index is 14.0. The van der Waals surface area contributed by atoms with Gasteiger partial charge in [0.1, 0.15) is 11.6 Å². The van der Waals surface area contributed by atoms with E-state index in [9.17, 15) is 8.78 Å². The van der Waals surface area contributed by atoms with Gasteiger partial charge in [0.15, 0.2) is 0 Å². The maximum absolute atomic E-state index is 14.0. The Kier molecular flexibility index (Phi) is 5.53. The number of benzene rings is 1. The third-order valence-electron chi connectivity index (χ3n) is 4.66. The maximum Gasteiger partial charge on any atom is 0.130 e. The van der Waals surface area contributed by atoms with Gasteiger partial charge in [-0.3, -0.25) is 0 Å². The van der Waals surface area contributed by atoms with Gasteiger partial charge in [-0.25, -0.2) is 8.78 Å². The lowest BCUT2D eigenvalue weighted by Gasteiger charge is -2.34. The molecule has 0 aromatic heterocycles. The van der Waals surface area contributed by atoms with Gasteiger partial charge < -0.3 is 5.32 Å². The van der Waals surface area contributed by atoms with Crippen LogP contribution in [-0.2, 0) is 0 Å². The highest BCUT2D eigenvalue weighted by molar-refractivity contribution is 5.23. The molecule has 3 heteroatoms. The van der Waals surface area contributed by atoms with E-state index in [1.54, 1.807) is 6.07 Å². The van der Waals surface area contributed by atoms with Crippen molar-refractivity contribution in [1.82, 2.24) is 5.32 Å². The first-order valence-corrected chi connectivity index (χ1v) is 7.84. The van der Waals surface area contributed by atoms with Crippen LogP contribution >= 0.6 is 0 Å². The van der Waals surface area contributed by atoms with Gasteiger partial charge in [0, 0.05) is 17.7 Å². The van der Waals surface area contributed by atoms with Crippen LogP contribution < -0.4 is 5.32 Å². The molecule has 1 atom stereocenters. The quantitative estimate of drug-likeness (QED) is 0.815. The molecule has 0 amide bonds. The monoisotopic (exact) mass is 281 g/mol. The zero-order valence-corrected chi connectivity index (χ0v) is 12.5. The van der Waals surface area contributed by atoms with Crippen molar-refractivity contribution in [1.29, 1.82) is 0 Å². The summed E-state index contributed by atoms with van der Waals surface area (Å²) >= 11 is 0. The van der Waals surface area contributed by atoms with Crippen LogP contribution in [0.3, 0.4) is 0 Å². The minimum Gasteiger partial charge on any atom is -0.310 e. The summed E-state index contributed by atoms with van der Waals surface area (Å²) in [6.45, 7) is 5.08. The van der Waals surface area contributed by atoms with Crippen LogP contribution in [0.2, 0.25) is 0 Å². The SMILES string of the molecule is CCNC(c1ccc(F)cc1F)C1CCC(CC)CC1. The van der Waals surface area contributed by atoms with Crippen LogP contribution in [0.5, 0.6) is 0 Å². The normalized spacial score (nSPS) is 24.6. The van der Waals surface area contributed by atoms with E-state index in [0.29, 0.717) is 11.5 Å². The third kappa shape index (κ3) is 3.57. The van der Waals surface area contributed by atoms with Gasteiger partial charge in [0.05, 0.1) is 0 Å². The van der Waals surface area contributed by atoms with Crippen molar-refractivity contribution in [3.05, 3.63) is 35.4 Å². The van der Waals surface area contributed by atoms with Crippen LogP contribution in [0.4, 0.5) is 8.78 Å². The standard InChI is InChI=1S/C17H25F2N/c1-3-12-5-7-13(8-6-12)17(20-4-2)15-10-9-14(18)11-16(15)19/h9-13,17,20H,3-8H2,1-2H3. The van der Waals surface area contributed by atoms with Gasteiger partial charge in [-0.15, -0.1) is 0 Å². The summed E-state index contributed by atoms with van der Waals surface area (Å²) in [5.41, 5.74) is 0.619. The molecule has 0 heterocycles. The second kappa shape index (κ2) is 7.16. The summed E-state index contributed by atoms with van der Waals surface area (Å²) in [6.07, 6.45) is 5.96. The highest BCUT2D eigenvalue weighted by atomic mass is 19.1. The molecular formula is C17H25F2N. The van der Waals surface area contributed by atoms with Crippen molar-refractivity contribution >= 4 is 0 Å². The molecule has 0 spiro atoms. The first-order valence-electron chi connectivity index (χ1n) is 7.84. The molecule has 1 saturated carbocycles. The largest absolute Gasteiger partial charge is 0.310 e. The Bertz CT molecular complexity index is 425. The Balaban J connectivity index is 2.14. The summed E-state index contributed by atoms with van der Waals surface area (Å²) in [6, 6.07) is 3.97. The van der Waals surface area contributed by atoms with E-state index in [4.69, 9.17) is 0 Å². The molecule has 0 saturated heterocycles. The first kappa shape index (κ1) is 15.4. The predicted molar refractivity (Wildman–Crippen MR) is 78.5 cm³/mol. The van der Waals surface area contributed by atoms with Crippen LogP contribution in [0, 0.1) is 23.5 Å². The third-order valence-corrected chi connectivity index (χ3v) is 4.66. The van der Waals surface area contributed by atoms with E-state index in [-0.39, 0.29) is 6.04 Å². The van der Waals surface area contributed by atoms with Crippen molar-refractivity contribution in [2.75, 3.05) is 6.54 Å². The van der Waals surface area contributed by atoms with E-state index in [1.165, 1.54) is 25.3 Å². The molecule has 0 aliphatic heterocycles. The van der Waals surface area contributed by atoms with Gasteiger partial charge in [-0.1, -0.05) is 39.2 Å². The molecule has 2 rings (SSSR count). The molecule has 20 heavy (non-hydrogen) atoms. The van der Waals surface area contributed by atoms with Gasteiger partial charge in [0.25, 0.3) is 0 Å². The lowest BCUT2D eigenvalue weighted by Crippen LogP contribution is -2.31. The fourth-order valence-corrected chi connectivity index (χ4v) is 3.43. The van der Waals surface area contributed by atoms with Gasteiger partial charge >= 0.3 is 0 Å². The number of nitrogens with one attached hydrogen (secondary N) is 1. The van der Waals surface area contributed by atoms with Crippen LogP contribution in [0.1, 0.15) is 57.6 Å². The molecule has 1 unspecified atom stereocenters. The topological polar surface area (TPSA) is 12.0 Å². The molecule has 0 bridgehead atoms. The van der Waals surface area contributed by atoms with Crippen LogP contribution in [0.25, 0.3) is 0 Å². The Morgan fingerprint density at radius 2 is 1.85 bits per heavy atom. The summed E-state index contributed by atoms with van der Waals surface area (Å²) < 4.78 is 27.1. The fourth-order valence-electron chi connectivity index (χ4n) is 3.43.